The minimum absolute atomic E-state index is 0.0114. The Labute approximate surface area is 131 Å². The third kappa shape index (κ3) is 3.28. The third-order valence-electron chi connectivity index (χ3n) is 3.65. The summed E-state index contributed by atoms with van der Waals surface area (Å²) in [5.41, 5.74) is 1.13. The van der Waals surface area contributed by atoms with Gasteiger partial charge < -0.3 is 10.1 Å². The van der Waals surface area contributed by atoms with Crippen molar-refractivity contribution < 1.29 is 18.3 Å². The molecule has 23 heavy (non-hydrogen) atoms. The van der Waals surface area contributed by atoms with E-state index >= 15 is 0 Å². The maximum atomic E-state index is 12.6. The first-order valence-electron chi connectivity index (χ1n) is 7.19. The summed E-state index contributed by atoms with van der Waals surface area (Å²) in [5.74, 6) is 0.873. The molecule has 0 saturated carbocycles. The van der Waals surface area contributed by atoms with Gasteiger partial charge >= 0.3 is 0 Å². The van der Waals surface area contributed by atoms with E-state index < -0.39 is 6.43 Å². The second kappa shape index (κ2) is 6.28. The van der Waals surface area contributed by atoms with Gasteiger partial charge in [-0.25, -0.2) is 18.7 Å². The number of halogens is 2. The first kappa shape index (κ1) is 15.3. The van der Waals surface area contributed by atoms with Gasteiger partial charge in [0.2, 0.25) is 0 Å². The Bertz CT molecular complexity index is 737. The first-order valence-corrected chi connectivity index (χ1v) is 7.19. The van der Waals surface area contributed by atoms with Crippen molar-refractivity contribution in [2.45, 2.75) is 25.8 Å². The molecule has 1 amide bonds. The van der Waals surface area contributed by atoms with Gasteiger partial charge in [-0.2, -0.15) is 0 Å². The number of alkyl halides is 2. The molecule has 1 aliphatic rings. The molecule has 0 unspecified atom stereocenters. The first-order chi connectivity index (χ1) is 11.0. The van der Waals surface area contributed by atoms with Crippen LogP contribution in [0.4, 0.5) is 8.78 Å². The van der Waals surface area contributed by atoms with Crippen LogP contribution in [0.2, 0.25) is 0 Å². The summed E-state index contributed by atoms with van der Waals surface area (Å²) in [6.45, 7) is 2.62. The smallest absolute Gasteiger partial charge is 0.280 e. The lowest BCUT2D eigenvalue weighted by molar-refractivity contribution is 0.0949. The van der Waals surface area contributed by atoms with E-state index in [9.17, 15) is 13.6 Å². The lowest BCUT2D eigenvalue weighted by atomic mass is 10.0. The molecule has 1 aliphatic heterocycles. The fraction of sp³-hybridized carbons (Fsp3) is 0.312. The number of hydrogen-bond acceptors (Lipinski definition) is 4. The summed E-state index contributed by atoms with van der Waals surface area (Å²) in [6.07, 6.45) is -1.41. The minimum Gasteiger partial charge on any atom is -0.493 e. The standard InChI is InChI=1S/C16H15F2N3O2/c1-9-8-23-13-3-2-10(6-11(9)13)16(22)20-7-14-19-5-4-12(21-14)15(17)18/h2-6,9,15H,7-8H2,1H3,(H,20,22)/t9-/m0/s1. The van der Waals surface area contributed by atoms with Crippen molar-refractivity contribution in [3.05, 3.63) is 53.1 Å². The van der Waals surface area contributed by atoms with Crippen molar-refractivity contribution in [3.8, 4) is 5.75 Å². The maximum absolute atomic E-state index is 12.6. The molecule has 2 heterocycles. The number of fused-ring (bicyclic) bond motifs is 1. The summed E-state index contributed by atoms with van der Waals surface area (Å²) in [7, 11) is 0. The van der Waals surface area contributed by atoms with Crippen LogP contribution in [-0.4, -0.2) is 22.5 Å². The number of aromatic nitrogens is 2. The second-order valence-electron chi connectivity index (χ2n) is 5.35. The molecule has 1 atom stereocenters. The Morgan fingerprint density at radius 1 is 1.43 bits per heavy atom. The lowest BCUT2D eigenvalue weighted by Crippen LogP contribution is -2.24. The number of ether oxygens (including phenoxy) is 1. The van der Waals surface area contributed by atoms with Gasteiger partial charge in [-0.3, -0.25) is 4.79 Å². The van der Waals surface area contributed by atoms with E-state index in [4.69, 9.17) is 4.74 Å². The van der Waals surface area contributed by atoms with Crippen molar-refractivity contribution in [2.24, 2.45) is 0 Å². The van der Waals surface area contributed by atoms with Crippen LogP contribution in [0.25, 0.3) is 0 Å². The molecule has 120 valence electrons. The Morgan fingerprint density at radius 2 is 2.26 bits per heavy atom. The van der Waals surface area contributed by atoms with Gasteiger partial charge in [-0.05, 0) is 24.3 Å². The van der Waals surface area contributed by atoms with Gasteiger partial charge in [-0.15, -0.1) is 0 Å². The summed E-state index contributed by atoms with van der Waals surface area (Å²) < 4.78 is 30.7. The summed E-state index contributed by atoms with van der Waals surface area (Å²) in [6, 6.07) is 6.38. The lowest BCUT2D eigenvalue weighted by Gasteiger charge is -2.07. The van der Waals surface area contributed by atoms with Gasteiger partial charge in [0, 0.05) is 23.2 Å². The number of amides is 1. The van der Waals surface area contributed by atoms with Gasteiger partial charge in [0.05, 0.1) is 13.2 Å². The topological polar surface area (TPSA) is 64.1 Å². The highest BCUT2D eigenvalue weighted by molar-refractivity contribution is 5.94. The molecule has 1 N–H and O–H groups in total. The van der Waals surface area contributed by atoms with Crippen LogP contribution >= 0.6 is 0 Å². The average Bonchev–Trinajstić information content (AvgIpc) is 2.93. The van der Waals surface area contributed by atoms with E-state index in [1.54, 1.807) is 18.2 Å². The molecule has 5 nitrogen and oxygen atoms in total. The normalized spacial score (nSPS) is 16.1. The summed E-state index contributed by atoms with van der Waals surface area (Å²) >= 11 is 0. The zero-order valence-electron chi connectivity index (χ0n) is 12.4. The molecule has 7 heteroatoms. The third-order valence-corrected chi connectivity index (χ3v) is 3.65. The predicted molar refractivity (Wildman–Crippen MR) is 78.5 cm³/mol. The van der Waals surface area contributed by atoms with Gasteiger partial charge in [0.1, 0.15) is 17.3 Å². The Kier molecular flexibility index (Phi) is 4.18. The van der Waals surface area contributed by atoms with E-state index in [0.29, 0.717) is 12.2 Å². The monoisotopic (exact) mass is 319 g/mol. The fourth-order valence-electron chi connectivity index (χ4n) is 2.39. The Morgan fingerprint density at radius 3 is 3.04 bits per heavy atom. The molecule has 0 radical (unpaired) electrons. The number of nitrogens with one attached hydrogen (secondary N) is 1. The van der Waals surface area contributed by atoms with Crippen LogP contribution in [0.15, 0.2) is 30.5 Å². The average molecular weight is 319 g/mol. The number of rotatable bonds is 4. The maximum Gasteiger partial charge on any atom is 0.280 e. The minimum atomic E-state index is -2.66. The molecule has 0 fully saturated rings. The number of benzene rings is 1. The van der Waals surface area contributed by atoms with Gasteiger partial charge in [0.15, 0.2) is 0 Å². The summed E-state index contributed by atoms with van der Waals surface area (Å²) in [4.78, 5) is 19.8. The van der Waals surface area contributed by atoms with Gasteiger partial charge in [-0.1, -0.05) is 6.92 Å². The Hall–Kier alpha value is -2.57. The molecule has 2 aromatic rings. The van der Waals surface area contributed by atoms with E-state index in [0.717, 1.165) is 17.4 Å². The van der Waals surface area contributed by atoms with Crippen molar-refractivity contribution in [1.29, 1.82) is 0 Å². The molecular weight excluding hydrogens is 304 g/mol. The molecule has 1 aromatic heterocycles. The molecule has 3 rings (SSSR count). The van der Waals surface area contributed by atoms with E-state index in [2.05, 4.69) is 15.3 Å². The molecule has 1 aromatic carbocycles. The summed E-state index contributed by atoms with van der Waals surface area (Å²) in [5, 5.41) is 2.64. The molecule has 0 aliphatic carbocycles. The van der Waals surface area contributed by atoms with Crippen LogP contribution in [0.3, 0.4) is 0 Å². The highest BCUT2D eigenvalue weighted by atomic mass is 19.3. The van der Waals surface area contributed by atoms with E-state index in [1.807, 2.05) is 6.92 Å². The number of carbonyl (C=O) groups excluding carboxylic acids is 1. The quantitative estimate of drug-likeness (QED) is 0.941. The number of nitrogens with zero attached hydrogens (tertiary/aromatic N) is 2. The molecule has 0 saturated heterocycles. The van der Waals surface area contributed by atoms with Crippen LogP contribution in [0.5, 0.6) is 5.75 Å². The predicted octanol–water partition coefficient (Wildman–Crippen LogP) is 2.84. The van der Waals surface area contributed by atoms with Crippen LogP contribution in [0.1, 0.15) is 46.7 Å². The van der Waals surface area contributed by atoms with E-state index in [-0.39, 0.29) is 29.9 Å². The van der Waals surface area contributed by atoms with Crippen molar-refractivity contribution in [3.63, 3.8) is 0 Å². The van der Waals surface area contributed by atoms with E-state index in [1.165, 1.54) is 6.20 Å². The van der Waals surface area contributed by atoms with Crippen molar-refractivity contribution in [1.82, 2.24) is 15.3 Å². The largest absolute Gasteiger partial charge is 0.493 e. The zero-order chi connectivity index (χ0) is 16.4. The molecule has 0 spiro atoms. The fourth-order valence-corrected chi connectivity index (χ4v) is 2.39. The van der Waals surface area contributed by atoms with Crippen LogP contribution in [0, 0.1) is 0 Å². The number of carbonyl (C=O) groups is 1. The highest BCUT2D eigenvalue weighted by Crippen LogP contribution is 2.33. The molecular formula is C16H15F2N3O2. The van der Waals surface area contributed by atoms with Crippen molar-refractivity contribution in [2.75, 3.05) is 6.61 Å². The number of hydrogen-bond donors (Lipinski definition) is 1. The Balaban J connectivity index is 1.68. The van der Waals surface area contributed by atoms with Crippen molar-refractivity contribution >= 4 is 5.91 Å². The SMILES string of the molecule is C[C@H]1COc2ccc(C(=O)NCc3nccc(C(F)F)n3)cc21. The van der Waals surface area contributed by atoms with Gasteiger partial charge in [0.25, 0.3) is 12.3 Å². The highest BCUT2D eigenvalue weighted by Gasteiger charge is 2.21. The second-order valence-corrected chi connectivity index (χ2v) is 5.35. The van der Waals surface area contributed by atoms with Crippen LogP contribution < -0.4 is 10.1 Å². The zero-order valence-corrected chi connectivity index (χ0v) is 12.4. The van der Waals surface area contributed by atoms with Crippen LogP contribution in [-0.2, 0) is 6.54 Å². The molecule has 0 bridgehead atoms.